The number of allylic oxidation sites excluding steroid dienone is 1. The molecule has 1 unspecified atom stereocenters. The average molecular weight is 649 g/mol. The van der Waals surface area contributed by atoms with Crippen molar-refractivity contribution in [1.82, 2.24) is 30.3 Å². The minimum absolute atomic E-state index is 0.0227. The van der Waals surface area contributed by atoms with Gasteiger partial charge >= 0.3 is 6.18 Å². The molecule has 2 aliphatic heterocycles. The summed E-state index contributed by atoms with van der Waals surface area (Å²) in [6, 6.07) is 16.5. The summed E-state index contributed by atoms with van der Waals surface area (Å²) in [6.45, 7) is 5.19. The van der Waals surface area contributed by atoms with Crippen LogP contribution in [0.5, 0.6) is 5.88 Å². The molecule has 0 saturated carbocycles. The van der Waals surface area contributed by atoms with E-state index in [0.29, 0.717) is 59.8 Å². The number of nitrogens with zero attached hydrogens (tertiary/aromatic N) is 4. The summed E-state index contributed by atoms with van der Waals surface area (Å²) in [5, 5.41) is 9.63. The van der Waals surface area contributed by atoms with Gasteiger partial charge in [0.15, 0.2) is 0 Å². The zero-order valence-electron chi connectivity index (χ0n) is 25.8. The summed E-state index contributed by atoms with van der Waals surface area (Å²) in [5.74, 6) is -0.282. The van der Waals surface area contributed by atoms with Crippen molar-refractivity contribution in [2.75, 3.05) is 45.8 Å². The monoisotopic (exact) mass is 648 g/mol. The molecule has 4 heterocycles. The summed E-state index contributed by atoms with van der Waals surface area (Å²) in [6.07, 6.45) is 0.960. The van der Waals surface area contributed by atoms with E-state index in [-0.39, 0.29) is 23.0 Å². The molecule has 1 atom stereocenters. The van der Waals surface area contributed by atoms with Gasteiger partial charge in [0.1, 0.15) is 6.10 Å². The number of H-pyrrole nitrogens is 1. The molecular formula is C35H36F4N6O2. The van der Waals surface area contributed by atoms with E-state index in [4.69, 9.17) is 4.74 Å². The van der Waals surface area contributed by atoms with Crippen LogP contribution < -0.4 is 10.1 Å². The SMILES string of the molecule is O=C(/C=C/CN1CCCC(Oc2ccc(/C(=C(/CC(F)(F)F)c3ccccc3)c3ccc4n[nH]c(F)c4c3)cn2)C1)N1CCNCC1. The maximum Gasteiger partial charge on any atom is 0.393 e. The Kier molecular flexibility index (Phi) is 9.98. The molecule has 2 aliphatic rings. The summed E-state index contributed by atoms with van der Waals surface area (Å²) in [7, 11) is 0. The number of piperazine rings is 1. The van der Waals surface area contributed by atoms with Crippen LogP contribution in [0.3, 0.4) is 0 Å². The fourth-order valence-electron chi connectivity index (χ4n) is 6.16. The summed E-state index contributed by atoms with van der Waals surface area (Å²) in [5.41, 5.74) is 1.95. The largest absolute Gasteiger partial charge is 0.473 e. The lowest BCUT2D eigenvalue weighted by atomic mass is 9.88. The van der Waals surface area contributed by atoms with E-state index in [1.165, 1.54) is 12.3 Å². The van der Waals surface area contributed by atoms with Crippen LogP contribution in [0, 0.1) is 5.95 Å². The molecule has 246 valence electrons. The lowest BCUT2D eigenvalue weighted by Crippen LogP contribution is -2.46. The Balaban J connectivity index is 1.23. The molecule has 6 rings (SSSR count). The number of hydrogen-bond acceptors (Lipinski definition) is 6. The van der Waals surface area contributed by atoms with E-state index in [2.05, 4.69) is 25.4 Å². The molecule has 2 saturated heterocycles. The second-order valence-electron chi connectivity index (χ2n) is 11.8. The van der Waals surface area contributed by atoms with Crippen molar-refractivity contribution in [3.8, 4) is 5.88 Å². The Morgan fingerprint density at radius 2 is 1.79 bits per heavy atom. The quantitative estimate of drug-likeness (QED) is 0.135. The van der Waals surface area contributed by atoms with Gasteiger partial charge in [-0.1, -0.05) is 42.5 Å². The van der Waals surface area contributed by atoms with Crippen LogP contribution in [0.15, 0.2) is 79.0 Å². The van der Waals surface area contributed by atoms with Crippen LogP contribution in [0.2, 0.25) is 0 Å². The molecule has 2 aromatic carbocycles. The van der Waals surface area contributed by atoms with Gasteiger partial charge in [-0.15, -0.1) is 0 Å². The maximum absolute atomic E-state index is 14.5. The Morgan fingerprint density at radius 3 is 2.53 bits per heavy atom. The highest BCUT2D eigenvalue weighted by Crippen LogP contribution is 2.40. The first-order valence-electron chi connectivity index (χ1n) is 15.7. The highest BCUT2D eigenvalue weighted by Gasteiger charge is 2.32. The van der Waals surface area contributed by atoms with E-state index in [9.17, 15) is 22.4 Å². The third kappa shape index (κ3) is 8.25. The van der Waals surface area contributed by atoms with E-state index < -0.39 is 18.5 Å². The van der Waals surface area contributed by atoms with Gasteiger partial charge in [0.25, 0.3) is 0 Å². The van der Waals surface area contributed by atoms with Gasteiger partial charge in [-0.05, 0) is 59.9 Å². The van der Waals surface area contributed by atoms with Crippen LogP contribution in [0.25, 0.3) is 22.0 Å². The molecule has 2 fully saturated rings. The fraction of sp³-hybridized carbons (Fsp3) is 0.343. The summed E-state index contributed by atoms with van der Waals surface area (Å²) < 4.78 is 62.8. The Labute approximate surface area is 270 Å². The second kappa shape index (κ2) is 14.5. The van der Waals surface area contributed by atoms with Crippen molar-refractivity contribution in [3.05, 3.63) is 102 Å². The number of likely N-dealkylation sites (tertiary alicyclic amines) is 1. The number of ether oxygens (including phenoxy) is 1. The number of aromatic amines is 1. The van der Waals surface area contributed by atoms with Gasteiger partial charge in [-0.2, -0.15) is 22.7 Å². The molecule has 0 bridgehead atoms. The van der Waals surface area contributed by atoms with E-state index in [1.54, 1.807) is 60.7 Å². The van der Waals surface area contributed by atoms with Gasteiger partial charge in [0.2, 0.25) is 17.7 Å². The van der Waals surface area contributed by atoms with Crippen molar-refractivity contribution < 1.29 is 27.1 Å². The number of carbonyl (C=O) groups is 1. The number of alkyl halides is 3. The van der Waals surface area contributed by atoms with Crippen molar-refractivity contribution in [3.63, 3.8) is 0 Å². The van der Waals surface area contributed by atoms with Gasteiger partial charge < -0.3 is 15.0 Å². The molecule has 47 heavy (non-hydrogen) atoms. The van der Waals surface area contributed by atoms with Crippen molar-refractivity contribution >= 4 is 28.0 Å². The number of amides is 1. The fourth-order valence-corrected chi connectivity index (χ4v) is 6.16. The first kappa shape index (κ1) is 32.4. The molecule has 0 aliphatic carbocycles. The number of aromatic nitrogens is 3. The number of piperidine rings is 1. The molecule has 0 radical (unpaired) electrons. The van der Waals surface area contributed by atoms with Gasteiger partial charge in [-0.3, -0.25) is 14.8 Å². The average Bonchev–Trinajstić information content (AvgIpc) is 3.45. The zero-order chi connectivity index (χ0) is 32.8. The summed E-state index contributed by atoms with van der Waals surface area (Å²) >= 11 is 0. The van der Waals surface area contributed by atoms with Crippen LogP contribution in [0.1, 0.15) is 36.0 Å². The lowest BCUT2D eigenvalue weighted by molar-refractivity contribution is -0.126. The lowest BCUT2D eigenvalue weighted by Gasteiger charge is -2.32. The molecular weight excluding hydrogens is 612 g/mol. The third-order valence-corrected chi connectivity index (χ3v) is 8.42. The molecule has 1 amide bonds. The number of hydrogen-bond donors (Lipinski definition) is 2. The number of carbonyl (C=O) groups excluding carboxylic acids is 1. The summed E-state index contributed by atoms with van der Waals surface area (Å²) in [4.78, 5) is 21.0. The first-order valence-corrected chi connectivity index (χ1v) is 15.7. The molecule has 4 aromatic rings. The number of pyridine rings is 1. The van der Waals surface area contributed by atoms with Gasteiger partial charge in [0, 0.05) is 63.2 Å². The number of halogens is 4. The molecule has 8 nitrogen and oxygen atoms in total. The Bertz CT molecular complexity index is 1730. The third-order valence-electron chi connectivity index (χ3n) is 8.42. The standard InChI is InChI=1S/C35H36F4N6O2/c36-34-28-20-25(10-12-30(28)42-43-34)33(29(21-35(37,38)39)24-6-2-1-3-7-24)26-11-13-31(41-22-26)47-27-8-4-16-44(23-27)17-5-9-32(46)45-18-14-40-15-19-45/h1-3,5-7,9-13,20,22,27,40H,4,8,14-19,21,23H2,(H,42,43)/b9-5+,33-29-. The maximum atomic E-state index is 14.5. The predicted octanol–water partition coefficient (Wildman–Crippen LogP) is 5.84. The van der Waals surface area contributed by atoms with Crippen molar-refractivity contribution in [1.29, 1.82) is 0 Å². The van der Waals surface area contributed by atoms with Gasteiger partial charge in [-0.25, -0.2) is 4.98 Å². The highest BCUT2D eigenvalue weighted by molar-refractivity contribution is 6.00. The molecule has 12 heteroatoms. The topological polar surface area (TPSA) is 86.4 Å². The molecule has 2 aromatic heterocycles. The number of benzene rings is 2. The smallest absolute Gasteiger partial charge is 0.393 e. The van der Waals surface area contributed by atoms with Crippen LogP contribution in [0.4, 0.5) is 17.6 Å². The van der Waals surface area contributed by atoms with Gasteiger partial charge in [0.05, 0.1) is 17.3 Å². The first-order chi connectivity index (χ1) is 22.7. The van der Waals surface area contributed by atoms with Crippen LogP contribution in [-0.4, -0.2) is 89.0 Å². The second-order valence-corrected chi connectivity index (χ2v) is 11.8. The normalized spacial score (nSPS) is 18.5. The Hall–Kier alpha value is -4.55. The van der Waals surface area contributed by atoms with E-state index in [0.717, 1.165) is 32.5 Å². The number of nitrogens with one attached hydrogen (secondary N) is 2. The zero-order valence-corrected chi connectivity index (χ0v) is 25.8. The molecule has 0 spiro atoms. The molecule has 2 N–H and O–H groups in total. The minimum atomic E-state index is -4.50. The van der Waals surface area contributed by atoms with Crippen LogP contribution >= 0.6 is 0 Å². The minimum Gasteiger partial charge on any atom is -0.473 e. The predicted molar refractivity (Wildman–Crippen MR) is 172 cm³/mol. The number of fused-ring (bicyclic) bond motifs is 1. The highest BCUT2D eigenvalue weighted by atomic mass is 19.4. The Morgan fingerprint density at radius 1 is 1.00 bits per heavy atom. The van der Waals surface area contributed by atoms with Crippen molar-refractivity contribution in [2.24, 2.45) is 0 Å². The van der Waals surface area contributed by atoms with Crippen LogP contribution in [-0.2, 0) is 4.79 Å². The van der Waals surface area contributed by atoms with Crippen molar-refractivity contribution in [2.45, 2.75) is 31.5 Å². The van der Waals surface area contributed by atoms with E-state index in [1.807, 2.05) is 11.0 Å². The number of rotatable bonds is 9. The van der Waals surface area contributed by atoms with E-state index >= 15 is 0 Å².